The molecule has 0 unspecified atom stereocenters. The van der Waals surface area contributed by atoms with Crippen LogP contribution in [-0.2, 0) is 0 Å². The van der Waals surface area contributed by atoms with Gasteiger partial charge in [-0.3, -0.25) is 0 Å². The van der Waals surface area contributed by atoms with Crippen LogP contribution in [0.5, 0.6) is 0 Å². The Morgan fingerprint density at radius 3 is 3.10 bits per heavy atom. The highest BCUT2D eigenvalue weighted by Gasteiger charge is 2.37. The fraction of sp³-hybridized carbons (Fsp3) is 1.00. The van der Waals surface area contributed by atoms with E-state index in [1.54, 1.807) is 0 Å². The van der Waals surface area contributed by atoms with Gasteiger partial charge in [-0.05, 0) is 31.8 Å². The van der Waals surface area contributed by atoms with Gasteiger partial charge in [-0.15, -0.1) is 0 Å². The first-order valence-corrected chi connectivity index (χ1v) is 4.38. The van der Waals surface area contributed by atoms with Crippen LogP contribution in [0, 0.1) is 5.92 Å². The van der Waals surface area contributed by atoms with Crippen molar-refractivity contribution >= 4 is 0 Å². The summed E-state index contributed by atoms with van der Waals surface area (Å²) >= 11 is 0. The van der Waals surface area contributed by atoms with Gasteiger partial charge in [0.1, 0.15) is 0 Å². The zero-order valence-corrected chi connectivity index (χ0v) is 6.56. The predicted molar refractivity (Wildman–Crippen MR) is 42.0 cm³/mol. The average molecular weight is 140 g/mol. The molecule has 2 aliphatic heterocycles. The number of nitrogens with one attached hydrogen (secondary N) is 2. The fourth-order valence-corrected chi connectivity index (χ4v) is 2.31. The van der Waals surface area contributed by atoms with Crippen LogP contribution < -0.4 is 10.6 Å². The molecule has 2 saturated heterocycles. The molecule has 2 heteroatoms. The van der Waals surface area contributed by atoms with Gasteiger partial charge in [0.25, 0.3) is 0 Å². The summed E-state index contributed by atoms with van der Waals surface area (Å²) in [5, 5.41) is 7.10. The Hall–Kier alpha value is -0.0800. The van der Waals surface area contributed by atoms with Gasteiger partial charge >= 0.3 is 0 Å². The smallest absolute Gasteiger partial charge is 0.0261 e. The zero-order chi connectivity index (χ0) is 6.97. The van der Waals surface area contributed by atoms with Gasteiger partial charge in [0.2, 0.25) is 0 Å². The quantitative estimate of drug-likeness (QED) is 0.549. The van der Waals surface area contributed by atoms with Crippen molar-refractivity contribution in [2.75, 3.05) is 13.1 Å². The van der Waals surface area contributed by atoms with E-state index >= 15 is 0 Å². The Balaban J connectivity index is 2.01. The molecule has 0 aliphatic carbocycles. The summed E-state index contributed by atoms with van der Waals surface area (Å²) in [7, 11) is 0. The third-order valence-electron chi connectivity index (χ3n) is 2.92. The van der Waals surface area contributed by atoms with Crippen molar-refractivity contribution in [3.05, 3.63) is 0 Å². The van der Waals surface area contributed by atoms with E-state index in [4.69, 9.17) is 0 Å². The predicted octanol–water partition coefficient (Wildman–Crippen LogP) is 0.346. The Kier molecular flexibility index (Phi) is 1.66. The Bertz CT molecular complexity index is 124. The van der Waals surface area contributed by atoms with Crippen LogP contribution >= 0.6 is 0 Å². The summed E-state index contributed by atoms with van der Waals surface area (Å²) in [4.78, 5) is 0. The summed E-state index contributed by atoms with van der Waals surface area (Å²) in [6.45, 7) is 4.75. The first kappa shape index (κ1) is 6.62. The number of rotatable bonds is 1. The fourth-order valence-electron chi connectivity index (χ4n) is 2.31. The third-order valence-corrected chi connectivity index (χ3v) is 2.92. The zero-order valence-electron chi connectivity index (χ0n) is 6.56. The minimum atomic E-state index is 0.757. The summed E-state index contributed by atoms with van der Waals surface area (Å²) in [5.74, 6) is 0.935. The van der Waals surface area contributed by atoms with Crippen molar-refractivity contribution in [1.82, 2.24) is 10.6 Å². The van der Waals surface area contributed by atoms with Crippen LogP contribution in [0.1, 0.15) is 19.8 Å². The minimum absolute atomic E-state index is 0.757. The molecule has 3 atom stereocenters. The van der Waals surface area contributed by atoms with E-state index in [1.165, 1.54) is 25.9 Å². The average Bonchev–Trinajstić information content (AvgIpc) is 2.44. The number of fused-ring (bicyclic) bond motifs is 1. The van der Waals surface area contributed by atoms with E-state index in [9.17, 15) is 0 Å². The van der Waals surface area contributed by atoms with Crippen LogP contribution in [-0.4, -0.2) is 25.2 Å². The Morgan fingerprint density at radius 1 is 1.40 bits per heavy atom. The normalized spacial score (nSPS) is 45.9. The lowest BCUT2D eigenvalue weighted by Gasteiger charge is -2.15. The van der Waals surface area contributed by atoms with Gasteiger partial charge in [0.05, 0.1) is 0 Å². The van der Waals surface area contributed by atoms with Gasteiger partial charge in [0, 0.05) is 12.1 Å². The third kappa shape index (κ3) is 0.867. The largest absolute Gasteiger partial charge is 0.312 e. The van der Waals surface area contributed by atoms with Gasteiger partial charge in [0.15, 0.2) is 0 Å². The van der Waals surface area contributed by atoms with Crippen LogP contribution in [0.2, 0.25) is 0 Å². The molecule has 2 rings (SSSR count). The van der Waals surface area contributed by atoms with Crippen LogP contribution in [0.4, 0.5) is 0 Å². The lowest BCUT2D eigenvalue weighted by atomic mass is 9.99. The van der Waals surface area contributed by atoms with Crippen molar-refractivity contribution in [1.29, 1.82) is 0 Å². The molecule has 0 spiro atoms. The summed E-state index contributed by atoms with van der Waals surface area (Å²) in [6, 6.07) is 1.55. The lowest BCUT2D eigenvalue weighted by molar-refractivity contribution is 0.459. The molecule has 2 heterocycles. The van der Waals surface area contributed by atoms with Crippen molar-refractivity contribution in [2.24, 2.45) is 5.92 Å². The van der Waals surface area contributed by atoms with Crippen molar-refractivity contribution in [2.45, 2.75) is 31.8 Å². The van der Waals surface area contributed by atoms with E-state index in [0.29, 0.717) is 0 Å². The molecular formula is C8H16N2. The van der Waals surface area contributed by atoms with Crippen molar-refractivity contribution in [3.63, 3.8) is 0 Å². The molecule has 2 nitrogen and oxygen atoms in total. The highest BCUT2D eigenvalue weighted by Crippen LogP contribution is 2.24. The van der Waals surface area contributed by atoms with Crippen molar-refractivity contribution in [3.8, 4) is 0 Å². The molecule has 0 aromatic heterocycles. The van der Waals surface area contributed by atoms with Crippen molar-refractivity contribution < 1.29 is 0 Å². The second-order valence-corrected chi connectivity index (χ2v) is 3.45. The van der Waals surface area contributed by atoms with Gasteiger partial charge in [-0.2, -0.15) is 0 Å². The molecule has 0 amide bonds. The van der Waals surface area contributed by atoms with E-state index < -0.39 is 0 Å². The molecule has 2 fully saturated rings. The highest BCUT2D eigenvalue weighted by molar-refractivity contribution is 4.98. The summed E-state index contributed by atoms with van der Waals surface area (Å²) in [6.07, 6.45) is 2.66. The van der Waals surface area contributed by atoms with E-state index in [0.717, 1.165) is 18.0 Å². The van der Waals surface area contributed by atoms with E-state index in [-0.39, 0.29) is 0 Å². The SMILES string of the molecule is CC[C@@H]1NC[C@H]2CCN[C@H]21. The molecule has 0 bridgehead atoms. The lowest BCUT2D eigenvalue weighted by Crippen LogP contribution is -2.38. The molecule has 10 heavy (non-hydrogen) atoms. The molecular weight excluding hydrogens is 124 g/mol. The van der Waals surface area contributed by atoms with Gasteiger partial charge in [-0.25, -0.2) is 0 Å². The van der Waals surface area contributed by atoms with Crippen LogP contribution in [0.3, 0.4) is 0 Å². The first-order valence-electron chi connectivity index (χ1n) is 4.38. The monoisotopic (exact) mass is 140 g/mol. The maximum atomic E-state index is 3.56. The van der Waals surface area contributed by atoms with Gasteiger partial charge < -0.3 is 10.6 Å². The minimum Gasteiger partial charge on any atom is -0.312 e. The Labute approximate surface area is 62.4 Å². The second-order valence-electron chi connectivity index (χ2n) is 3.45. The molecule has 58 valence electrons. The first-order chi connectivity index (χ1) is 4.92. The van der Waals surface area contributed by atoms with Gasteiger partial charge in [-0.1, -0.05) is 6.92 Å². The van der Waals surface area contributed by atoms with E-state index in [1.807, 2.05) is 0 Å². The van der Waals surface area contributed by atoms with E-state index in [2.05, 4.69) is 17.6 Å². The highest BCUT2D eigenvalue weighted by atomic mass is 15.1. The molecule has 2 N–H and O–H groups in total. The molecule has 0 aromatic carbocycles. The second kappa shape index (κ2) is 2.51. The Morgan fingerprint density at radius 2 is 2.30 bits per heavy atom. The molecule has 0 radical (unpaired) electrons. The maximum absolute atomic E-state index is 3.56. The molecule has 2 aliphatic rings. The molecule has 0 saturated carbocycles. The maximum Gasteiger partial charge on any atom is 0.0261 e. The topological polar surface area (TPSA) is 24.1 Å². The summed E-state index contributed by atoms with van der Waals surface area (Å²) in [5.41, 5.74) is 0. The standard InChI is InChI=1S/C8H16N2/c1-2-7-8-6(5-10-7)3-4-9-8/h6-10H,2-5H2,1H3/t6-,7+,8-/m1/s1. The van der Waals surface area contributed by atoms with Crippen LogP contribution in [0.15, 0.2) is 0 Å². The number of hydrogen-bond donors (Lipinski definition) is 2. The number of hydrogen-bond acceptors (Lipinski definition) is 2. The summed E-state index contributed by atoms with van der Waals surface area (Å²) < 4.78 is 0. The molecule has 0 aromatic rings. The van der Waals surface area contributed by atoms with Crippen LogP contribution in [0.25, 0.3) is 0 Å².